The molecule has 1 heterocycles. The SMILES string of the molecule is CC(C)c1cc(C(=O)OCC(=O)Nc2sc3c(c2C#N)CCC3)c(O)c(C(C)C)c1. The van der Waals surface area contributed by atoms with Crippen LogP contribution >= 0.6 is 11.3 Å². The molecule has 0 radical (unpaired) electrons. The monoisotopic (exact) mass is 426 g/mol. The number of nitriles is 1. The van der Waals surface area contributed by atoms with Crippen molar-refractivity contribution in [1.29, 1.82) is 5.26 Å². The van der Waals surface area contributed by atoms with Crippen LogP contribution in [0.15, 0.2) is 12.1 Å². The highest BCUT2D eigenvalue weighted by Gasteiger charge is 2.24. The molecular formula is C23H26N2O4S. The molecule has 1 aromatic carbocycles. The highest BCUT2D eigenvalue weighted by Crippen LogP contribution is 2.38. The summed E-state index contributed by atoms with van der Waals surface area (Å²) in [5.74, 6) is -1.17. The fourth-order valence-corrected chi connectivity index (χ4v) is 4.85. The second kappa shape index (κ2) is 8.88. The Bertz CT molecular complexity index is 1030. The van der Waals surface area contributed by atoms with Crippen LogP contribution in [-0.2, 0) is 22.4 Å². The van der Waals surface area contributed by atoms with Crippen molar-refractivity contribution in [3.8, 4) is 11.8 Å². The van der Waals surface area contributed by atoms with Gasteiger partial charge in [-0.3, -0.25) is 4.79 Å². The van der Waals surface area contributed by atoms with Crippen molar-refractivity contribution in [3.05, 3.63) is 44.8 Å². The molecule has 6 nitrogen and oxygen atoms in total. The lowest BCUT2D eigenvalue weighted by molar-refractivity contribution is -0.119. The molecule has 7 heteroatoms. The Hall–Kier alpha value is -2.85. The number of hydrogen-bond acceptors (Lipinski definition) is 6. The maximum atomic E-state index is 12.6. The summed E-state index contributed by atoms with van der Waals surface area (Å²) in [6.45, 7) is 7.39. The lowest BCUT2D eigenvalue weighted by Crippen LogP contribution is -2.21. The Labute approximate surface area is 180 Å². The first-order chi connectivity index (χ1) is 14.2. The molecule has 1 amide bonds. The molecule has 0 unspecified atom stereocenters. The van der Waals surface area contributed by atoms with E-state index in [2.05, 4.69) is 11.4 Å². The van der Waals surface area contributed by atoms with Crippen LogP contribution in [0.2, 0.25) is 0 Å². The van der Waals surface area contributed by atoms with Gasteiger partial charge < -0.3 is 15.2 Å². The summed E-state index contributed by atoms with van der Waals surface area (Å²) in [5, 5.41) is 23.1. The topological polar surface area (TPSA) is 99.4 Å². The van der Waals surface area contributed by atoms with Crippen molar-refractivity contribution in [3.63, 3.8) is 0 Å². The molecule has 3 rings (SSSR count). The summed E-state index contributed by atoms with van der Waals surface area (Å²) in [5.41, 5.74) is 3.18. The predicted octanol–water partition coefficient (Wildman–Crippen LogP) is 4.86. The van der Waals surface area contributed by atoms with Gasteiger partial charge in [-0.05, 0) is 53.9 Å². The van der Waals surface area contributed by atoms with E-state index in [1.54, 1.807) is 6.07 Å². The summed E-state index contributed by atoms with van der Waals surface area (Å²) < 4.78 is 5.17. The number of phenolic OH excluding ortho intramolecular Hbond substituents is 1. The van der Waals surface area contributed by atoms with Gasteiger partial charge in [0.2, 0.25) is 0 Å². The van der Waals surface area contributed by atoms with Gasteiger partial charge in [0.25, 0.3) is 5.91 Å². The normalized spacial score (nSPS) is 12.7. The first-order valence-corrected chi connectivity index (χ1v) is 10.9. The Morgan fingerprint density at radius 1 is 1.23 bits per heavy atom. The summed E-state index contributed by atoms with van der Waals surface area (Å²) in [6.07, 6.45) is 2.80. The van der Waals surface area contributed by atoms with Gasteiger partial charge in [-0.25, -0.2) is 4.79 Å². The number of fused-ring (bicyclic) bond motifs is 1. The van der Waals surface area contributed by atoms with Crippen LogP contribution in [0.25, 0.3) is 0 Å². The van der Waals surface area contributed by atoms with E-state index in [0.717, 1.165) is 35.3 Å². The number of carbonyl (C=O) groups excluding carboxylic acids is 2. The maximum Gasteiger partial charge on any atom is 0.342 e. The van der Waals surface area contributed by atoms with Gasteiger partial charge in [0.1, 0.15) is 22.4 Å². The molecular weight excluding hydrogens is 400 g/mol. The molecule has 30 heavy (non-hydrogen) atoms. The van der Waals surface area contributed by atoms with E-state index in [4.69, 9.17) is 4.74 Å². The van der Waals surface area contributed by atoms with Gasteiger partial charge in [-0.15, -0.1) is 11.3 Å². The first kappa shape index (κ1) is 21.8. The highest BCUT2D eigenvalue weighted by molar-refractivity contribution is 7.16. The molecule has 0 aliphatic heterocycles. The van der Waals surface area contributed by atoms with Crippen LogP contribution in [0.3, 0.4) is 0 Å². The zero-order valence-electron chi connectivity index (χ0n) is 17.7. The minimum absolute atomic E-state index is 0.0312. The smallest absolute Gasteiger partial charge is 0.342 e. The fourth-order valence-electron chi connectivity index (χ4n) is 3.59. The second-order valence-corrected chi connectivity index (χ2v) is 9.22. The van der Waals surface area contributed by atoms with Crippen LogP contribution in [0.1, 0.15) is 83.4 Å². The van der Waals surface area contributed by atoms with Crippen LogP contribution < -0.4 is 5.32 Å². The Balaban J connectivity index is 1.72. The number of rotatable bonds is 6. The Kier molecular flexibility index (Phi) is 6.47. The standard InChI is InChI=1S/C23H26N2O4S/c1-12(2)14-8-16(13(3)4)21(27)17(9-14)23(28)29-11-20(26)25-22-18(10-24)15-6-5-7-19(15)30-22/h8-9,12-13,27H,5-7,11H2,1-4H3,(H,25,26). The minimum atomic E-state index is -0.749. The Morgan fingerprint density at radius 2 is 1.97 bits per heavy atom. The van der Waals surface area contributed by atoms with E-state index >= 15 is 0 Å². The molecule has 0 bridgehead atoms. The quantitative estimate of drug-likeness (QED) is 0.643. The predicted molar refractivity (Wildman–Crippen MR) is 116 cm³/mol. The molecule has 1 aliphatic carbocycles. The second-order valence-electron chi connectivity index (χ2n) is 8.11. The maximum absolute atomic E-state index is 12.6. The van der Waals surface area contributed by atoms with Gasteiger partial charge in [0.15, 0.2) is 6.61 Å². The third-order valence-corrected chi connectivity index (χ3v) is 6.50. The third-order valence-electron chi connectivity index (χ3n) is 5.29. The molecule has 2 N–H and O–H groups in total. The molecule has 1 aliphatic rings. The molecule has 158 valence electrons. The number of hydrogen-bond donors (Lipinski definition) is 2. The number of thiophene rings is 1. The van der Waals surface area contributed by atoms with Gasteiger partial charge in [-0.1, -0.05) is 33.8 Å². The van der Waals surface area contributed by atoms with Crippen LogP contribution in [0, 0.1) is 11.3 Å². The molecule has 0 fully saturated rings. The number of phenols is 1. The van der Waals surface area contributed by atoms with Gasteiger partial charge in [-0.2, -0.15) is 5.26 Å². The van der Waals surface area contributed by atoms with E-state index in [9.17, 15) is 20.0 Å². The van der Waals surface area contributed by atoms with Crippen molar-refractivity contribution in [1.82, 2.24) is 0 Å². The zero-order chi connectivity index (χ0) is 22.0. The average molecular weight is 427 g/mol. The zero-order valence-corrected chi connectivity index (χ0v) is 18.5. The van der Waals surface area contributed by atoms with Crippen molar-refractivity contribution in [2.45, 2.75) is 58.8 Å². The number of anilines is 1. The van der Waals surface area contributed by atoms with Crippen molar-refractivity contribution >= 4 is 28.2 Å². The molecule has 0 spiro atoms. The largest absolute Gasteiger partial charge is 0.507 e. The van der Waals surface area contributed by atoms with Crippen molar-refractivity contribution in [2.75, 3.05) is 11.9 Å². The van der Waals surface area contributed by atoms with E-state index in [1.807, 2.05) is 33.8 Å². The third kappa shape index (κ3) is 4.34. The lowest BCUT2D eigenvalue weighted by Gasteiger charge is -2.16. The molecule has 0 saturated heterocycles. The Morgan fingerprint density at radius 3 is 2.60 bits per heavy atom. The van der Waals surface area contributed by atoms with Gasteiger partial charge in [0.05, 0.1) is 5.56 Å². The molecule has 0 atom stereocenters. The number of amides is 1. The van der Waals surface area contributed by atoms with E-state index in [0.29, 0.717) is 16.1 Å². The van der Waals surface area contributed by atoms with E-state index in [-0.39, 0.29) is 23.1 Å². The summed E-state index contributed by atoms with van der Waals surface area (Å²) in [6, 6.07) is 5.68. The molecule has 2 aromatic rings. The summed E-state index contributed by atoms with van der Waals surface area (Å²) in [7, 11) is 0. The number of aryl methyl sites for hydroxylation is 1. The summed E-state index contributed by atoms with van der Waals surface area (Å²) >= 11 is 1.41. The van der Waals surface area contributed by atoms with Gasteiger partial charge in [0, 0.05) is 4.88 Å². The number of nitrogens with one attached hydrogen (secondary N) is 1. The first-order valence-electron chi connectivity index (χ1n) is 10.1. The molecule has 1 aromatic heterocycles. The van der Waals surface area contributed by atoms with E-state index in [1.165, 1.54) is 11.3 Å². The number of benzene rings is 1. The molecule has 0 saturated carbocycles. The fraction of sp³-hybridized carbons (Fsp3) is 0.435. The summed E-state index contributed by atoms with van der Waals surface area (Å²) in [4.78, 5) is 26.1. The number of carbonyl (C=O) groups is 2. The van der Waals surface area contributed by atoms with Crippen molar-refractivity contribution < 1.29 is 19.4 Å². The van der Waals surface area contributed by atoms with Crippen LogP contribution in [-0.4, -0.2) is 23.6 Å². The minimum Gasteiger partial charge on any atom is -0.507 e. The lowest BCUT2D eigenvalue weighted by atomic mass is 9.92. The average Bonchev–Trinajstić information content (AvgIpc) is 3.26. The van der Waals surface area contributed by atoms with Gasteiger partial charge >= 0.3 is 5.97 Å². The number of ether oxygens (including phenoxy) is 1. The van der Waals surface area contributed by atoms with Crippen LogP contribution in [0.5, 0.6) is 5.75 Å². The van der Waals surface area contributed by atoms with Crippen molar-refractivity contribution in [2.24, 2.45) is 0 Å². The highest BCUT2D eigenvalue weighted by atomic mass is 32.1. The number of esters is 1. The van der Waals surface area contributed by atoms with E-state index < -0.39 is 18.5 Å². The van der Waals surface area contributed by atoms with Crippen LogP contribution in [0.4, 0.5) is 5.00 Å². The number of aromatic hydroxyl groups is 1. The number of nitrogens with zero attached hydrogens (tertiary/aromatic N) is 1.